The molecule has 7 heteroatoms. The molecule has 5 nitrogen and oxygen atoms in total. The fourth-order valence-corrected chi connectivity index (χ4v) is 4.76. The van der Waals surface area contributed by atoms with Crippen molar-refractivity contribution < 1.29 is 4.79 Å². The lowest BCUT2D eigenvalue weighted by Crippen LogP contribution is -2.15. The number of nitrogens with one attached hydrogen (secondary N) is 1. The molecule has 0 radical (unpaired) electrons. The summed E-state index contributed by atoms with van der Waals surface area (Å²) in [5.74, 6) is 1.15. The highest BCUT2D eigenvalue weighted by Gasteiger charge is 2.18. The summed E-state index contributed by atoms with van der Waals surface area (Å²) >= 11 is 3.17. The number of hydrogen-bond acceptors (Lipinski definition) is 5. The maximum absolute atomic E-state index is 12.3. The molecule has 0 spiro atoms. The van der Waals surface area contributed by atoms with Gasteiger partial charge in [0, 0.05) is 28.1 Å². The Morgan fingerprint density at radius 2 is 2.00 bits per heavy atom. The summed E-state index contributed by atoms with van der Waals surface area (Å²) in [6.45, 7) is 9.14. The van der Waals surface area contributed by atoms with Crippen LogP contribution in [0.4, 0.5) is 5.69 Å². The van der Waals surface area contributed by atoms with Gasteiger partial charge in [-0.3, -0.25) is 4.79 Å². The van der Waals surface area contributed by atoms with E-state index in [-0.39, 0.29) is 5.91 Å². The summed E-state index contributed by atoms with van der Waals surface area (Å²) in [5, 5.41) is 14.7. The Kier molecular flexibility index (Phi) is 6.34. The summed E-state index contributed by atoms with van der Waals surface area (Å²) in [5.41, 5.74) is 4.39. The van der Waals surface area contributed by atoms with E-state index < -0.39 is 0 Å². The van der Waals surface area contributed by atoms with Crippen LogP contribution in [0.5, 0.6) is 0 Å². The quantitative estimate of drug-likeness (QED) is 0.571. The third kappa shape index (κ3) is 4.25. The van der Waals surface area contributed by atoms with Crippen molar-refractivity contribution >= 4 is 34.7 Å². The van der Waals surface area contributed by atoms with Crippen molar-refractivity contribution in [1.29, 1.82) is 0 Å². The number of thioether (sulfide) groups is 1. The van der Waals surface area contributed by atoms with Crippen LogP contribution in [0, 0.1) is 13.8 Å². The first-order valence-corrected chi connectivity index (χ1v) is 10.9. The van der Waals surface area contributed by atoms with Crippen LogP contribution in [0.15, 0.2) is 34.8 Å². The minimum atomic E-state index is -0.0397. The van der Waals surface area contributed by atoms with Crippen LogP contribution in [0.2, 0.25) is 0 Å². The Morgan fingerprint density at radius 3 is 2.70 bits per heavy atom. The summed E-state index contributed by atoms with van der Waals surface area (Å²) in [4.78, 5) is 13.7. The van der Waals surface area contributed by atoms with Crippen molar-refractivity contribution in [3.8, 4) is 11.4 Å². The summed E-state index contributed by atoms with van der Waals surface area (Å²) < 4.78 is 2.09. The van der Waals surface area contributed by atoms with E-state index in [1.165, 1.54) is 22.2 Å². The van der Waals surface area contributed by atoms with Crippen molar-refractivity contribution in [2.24, 2.45) is 0 Å². The first-order valence-electron chi connectivity index (χ1n) is 9.03. The molecule has 3 aromatic rings. The zero-order valence-corrected chi connectivity index (χ0v) is 17.7. The van der Waals surface area contributed by atoms with Gasteiger partial charge in [-0.15, -0.1) is 21.5 Å². The van der Waals surface area contributed by atoms with Gasteiger partial charge in [-0.25, -0.2) is 0 Å². The SMILES string of the molecule is CCc1c(-c2nnc(SCC(=O)Nc3ccccc3C)n2CC)csc1C. The molecular weight excluding hydrogens is 376 g/mol. The molecule has 27 heavy (non-hydrogen) atoms. The molecule has 1 amide bonds. The topological polar surface area (TPSA) is 59.8 Å². The van der Waals surface area contributed by atoms with Crippen LogP contribution in [-0.4, -0.2) is 26.4 Å². The molecule has 0 bridgehead atoms. The maximum atomic E-state index is 12.3. The summed E-state index contributed by atoms with van der Waals surface area (Å²) in [6, 6.07) is 7.78. The van der Waals surface area contributed by atoms with Gasteiger partial charge in [0.25, 0.3) is 0 Å². The van der Waals surface area contributed by atoms with Gasteiger partial charge in [0.1, 0.15) is 0 Å². The van der Waals surface area contributed by atoms with Gasteiger partial charge in [-0.2, -0.15) is 0 Å². The van der Waals surface area contributed by atoms with Crippen LogP contribution in [0.25, 0.3) is 11.4 Å². The number of anilines is 1. The monoisotopic (exact) mass is 400 g/mol. The highest BCUT2D eigenvalue weighted by Crippen LogP contribution is 2.32. The molecule has 0 aliphatic rings. The van der Waals surface area contributed by atoms with Gasteiger partial charge in [-0.1, -0.05) is 36.9 Å². The Morgan fingerprint density at radius 1 is 1.22 bits per heavy atom. The number of aromatic nitrogens is 3. The number of carbonyl (C=O) groups is 1. The van der Waals surface area contributed by atoms with E-state index in [2.05, 4.69) is 46.2 Å². The lowest BCUT2D eigenvalue weighted by atomic mass is 10.1. The second-order valence-corrected chi connectivity index (χ2v) is 8.27. The van der Waals surface area contributed by atoms with E-state index in [1.807, 2.05) is 31.2 Å². The van der Waals surface area contributed by atoms with E-state index in [0.717, 1.165) is 40.8 Å². The number of hydrogen-bond donors (Lipinski definition) is 1. The largest absolute Gasteiger partial charge is 0.325 e. The van der Waals surface area contributed by atoms with Crippen molar-refractivity contribution in [3.05, 3.63) is 45.6 Å². The lowest BCUT2D eigenvalue weighted by molar-refractivity contribution is -0.113. The predicted octanol–water partition coefficient (Wildman–Crippen LogP) is 4.94. The molecule has 3 rings (SSSR count). The van der Waals surface area contributed by atoms with Crippen molar-refractivity contribution in [1.82, 2.24) is 14.8 Å². The number of thiophene rings is 1. The molecule has 1 N–H and O–H groups in total. The van der Waals surface area contributed by atoms with Gasteiger partial charge < -0.3 is 9.88 Å². The van der Waals surface area contributed by atoms with Gasteiger partial charge >= 0.3 is 0 Å². The molecule has 0 atom stereocenters. The van der Waals surface area contributed by atoms with Crippen LogP contribution >= 0.6 is 23.1 Å². The molecule has 0 unspecified atom stereocenters. The Balaban J connectivity index is 1.73. The highest BCUT2D eigenvalue weighted by molar-refractivity contribution is 7.99. The molecule has 1 aromatic carbocycles. The Hall–Kier alpha value is -2.12. The summed E-state index contributed by atoms with van der Waals surface area (Å²) in [6.07, 6.45) is 0.975. The molecule has 0 saturated heterocycles. The number of para-hydroxylation sites is 1. The Labute approximate surface area is 168 Å². The zero-order valence-electron chi connectivity index (χ0n) is 16.1. The van der Waals surface area contributed by atoms with Crippen LogP contribution in [0.3, 0.4) is 0 Å². The third-order valence-electron chi connectivity index (χ3n) is 4.48. The smallest absolute Gasteiger partial charge is 0.234 e. The number of rotatable bonds is 7. The molecule has 0 saturated carbocycles. The van der Waals surface area contributed by atoms with Gasteiger partial charge in [0.15, 0.2) is 11.0 Å². The van der Waals surface area contributed by atoms with Crippen molar-refractivity contribution in [2.75, 3.05) is 11.1 Å². The standard InChI is InChI=1S/C20H24N4OS2/c1-5-15-14(4)26-11-16(15)19-22-23-20(24(19)6-2)27-12-18(25)21-17-10-8-7-9-13(17)3/h7-11H,5-6,12H2,1-4H3,(H,21,25). The first-order chi connectivity index (χ1) is 13.0. The van der Waals surface area contributed by atoms with E-state index in [1.54, 1.807) is 11.3 Å². The normalized spacial score (nSPS) is 11.0. The van der Waals surface area contributed by atoms with Gasteiger partial charge in [-0.05, 0) is 44.4 Å². The maximum Gasteiger partial charge on any atom is 0.234 e. The Bertz CT molecular complexity index is 945. The predicted molar refractivity (Wildman–Crippen MR) is 114 cm³/mol. The molecule has 2 aromatic heterocycles. The first kappa shape index (κ1) is 19.6. The lowest BCUT2D eigenvalue weighted by Gasteiger charge is -2.09. The number of nitrogens with zero attached hydrogens (tertiary/aromatic N) is 3. The van der Waals surface area contributed by atoms with Crippen LogP contribution in [-0.2, 0) is 17.8 Å². The van der Waals surface area contributed by atoms with E-state index in [9.17, 15) is 4.79 Å². The zero-order chi connectivity index (χ0) is 19.4. The molecule has 0 aliphatic heterocycles. The van der Waals surface area contributed by atoms with E-state index in [0.29, 0.717) is 5.75 Å². The second-order valence-electron chi connectivity index (χ2n) is 6.24. The van der Waals surface area contributed by atoms with Gasteiger partial charge in [0.2, 0.25) is 5.91 Å². The molecule has 142 valence electrons. The van der Waals surface area contributed by atoms with Crippen LogP contribution < -0.4 is 5.32 Å². The fourth-order valence-electron chi connectivity index (χ4n) is 3.02. The summed E-state index contributed by atoms with van der Waals surface area (Å²) in [7, 11) is 0. The van der Waals surface area contributed by atoms with Crippen molar-refractivity contribution in [2.45, 2.75) is 45.8 Å². The minimum Gasteiger partial charge on any atom is -0.325 e. The number of benzene rings is 1. The fraction of sp³-hybridized carbons (Fsp3) is 0.350. The molecule has 0 fully saturated rings. The average Bonchev–Trinajstić information content (AvgIpc) is 3.24. The van der Waals surface area contributed by atoms with E-state index >= 15 is 0 Å². The van der Waals surface area contributed by atoms with Crippen molar-refractivity contribution in [3.63, 3.8) is 0 Å². The second kappa shape index (κ2) is 8.71. The van der Waals surface area contributed by atoms with Gasteiger partial charge in [0.05, 0.1) is 5.75 Å². The number of aryl methyl sites for hydroxylation is 2. The average molecular weight is 401 g/mol. The minimum absolute atomic E-state index is 0.0397. The molecule has 2 heterocycles. The molecule has 0 aliphatic carbocycles. The highest BCUT2D eigenvalue weighted by atomic mass is 32.2. The van der Waals surface area contributed by atoms with Crippen LogP contribution in [0.1, 0.15) is 29.9 Å². The molecular formula is C20H24N4OS2. The number of amides is 1. The third-order valence-corrected chi connectivity index (χ3v) is 6.40. The number of carbonyl (C=O) groups excluding carboxylic acids is 1. The van der Waals surface area contributed by atoms with E-state index in [4.69, 9.17) is 0 Å².